The normalized spacial score (nSPS) is 10.9. The molecule has 23 heavy (non-hydrogen) atoms. The molecule has 0 unspecified atom stereocenters. The van der Waals surface area contributed by atoms with E-state index in [-0.39, 0.29) is 11.6 Å². The number of aromatic nitrogens is 2. The van der Waals surface area contributed by atoms with E-state index in [1.807, 2.05) is 43.3 Å². The van der Waals surface area contributed by atoms with Crippen LogP contribution in [0.5, 0.6) is 0 Å². The maximum absolute atomic E-state index is 12.9. The number of rotatable bonds is 3. The molecule has 0 aliphatic heterocycles. The number of benzene rings is 2. The number of hydrogen-bond acceptors (Lipinski definition) is 2. The van der Waals surface area contributed by atoms with Crippen molar-refractivity contribution in [1.82, 2.24) is 9.13 Å². The standard InChI is InChI=1S/C18H19N3O2/c1-4-21(14-8-6-5-7-9-14)17(22)13-10-11-15-16(12-13)20(3)18(23)19(15)2/h5-12H,4H2,1-3H3. The van der Waals surface area contributed by atoms with Gasteiger partial charge >= 0.3 is 5.69 Å². The molecular weight excluding hydrogens is 290 g/mol. The highest BCUT2D eigenvalue weighted by Gasteiger charge is 2.17. The minimum atomic E-state index is -0.0972. The van der Waals surface area contributed by atoms with Crippen molar-refractivity contribution in [1.29, 1.82) is 0 Å². The molecule has 0 saturated carbocycles. The second-order valence-electron chi connectivity index (χ2n) is 5.49. The number of anilines is 1. The summed E-state index contributed by atoms with van der Waals surface area (Å²) < 4.78 is 3.14. The second-order valence-corrected chi connectivity index (χ2v) is 5.49. The largest absolute Gasteiger partial charge is 0.328 e. The predicted molar refractivity (Wildman–Crippen MR) is 92.0 cm³/mol. The number of nitrogens with zero attached hydrogens (tertiary/aromatic N) is 3. The quantitative estimate of drug-likeness (QED) is 0.746. The van der Waals surface area contributed by atoms with Crippen LogP contribution in [0.3, 0.4) is 0 Å². The molecule has 5 heteroatoms. The molecule has 0 aliphatic carbocycles. The first-order valence-electron chi connectivity index (χ1n) is 7.57. The Kier molecular flexibility index (Phi) is 3.78. The van der Waals surface area contributed by atoms with Gasteiger partial charge in [-0.25, -0.2) is 4.79 Å². The van der Waals surface area contributed by atoms with Gasteiger partial charge in [-0.2, -0.15) is 0 Å². The van der Waals surface area contributed by atoms with Gasteiger partial charge in [0.15, 0.2) is 0 Å². The van der Waals surface area contributed by atoms with Crippen molar-refractivity contribution in [2.45, 2.75) is 6.92 Å². The lowest BCUT2D eigenvalue weighted by atomic mass is 10.1. The van der Waals surface area contributed by atoms with E-state index in [1.165, 1.54) is 0 Å². The van der Waals surface area contributed by atoms with Gasteiger partial charge in [-0.1, -0.05) is 18.2 Å². The number of amides is 1. The van der Waals surface area contributed by atoms with Crippen molar-refractivity contribution in [3.8, 4) is 0 Å². The SMILES string of the molecule is CCN(C(=O)c1ccc2c(c1)n(C)c(=O)n2C)c1ccccc1. The lowest BCUT2D eigenvalue weighted by molar-refractivity contribution is 0.0988. The van der Waals surface area contributed by atoms with Crippen LogP contribution >= 0.6 is 0 Å². The highest BCUT2D eigenvalue weighted by Crippen LogP contribution is 2.19. The molecule has 0 saturated heterocycles. The van der Waals surface area contributed by atoms with Crippen LogP contribution in [0.4, 0.5) is 5.69 Å². The molecule has 0 aliphatic rings. The smallest absolute Gasteiger partial charge is 0.309 e. The monoisotopic (exact) mass is 309 g/mol. The van der Waals surface area contributed by atoms with Gasteiger partial charge in [0.05, 0.1) is 11.0 Å². The van der Waals surface area contributed by atoms with Crippen LogP contribution in [0.15, 0.2) is 53.3 Å². The van der Waals surface area contributed by atoms with E-state index in [2.05, 4.69) is 0 Å². The van der Waals surface area contributed by atoms with Gasteiger partial charge in [0.25, 0.3) is 5.91 Å². The van der Waals surface area contributed by atoms with E-state index in [1.54, 1.807) is 40.3 Å². The number of para-hydroxylation sites is 1. The molecule has 1 heterocycles. The third kappa shape index (κ3) is 2.44. The van der Waals surface area contributed by atoms with Crippen LogP contribution < -0.4 is 10.6 Å². The summed E-state index contributed by atoms with van der Waals surface area (Å²) in [6.45, 7) is 2.52. The van der Waals surface area contributed by atoms with Gasteiger partial charge in [-0.05, 0) is 37.3 Å². The summed E-state index contributed by atoms with van der Waals surface area (Å²) in [6.07, 6.45) is 0. The fourth-order valence-electron chi connectivity index (χ4n) is 2.85. The Morgan fingerprint density at radius 2 is 1.65 bits per heavy atom. The summed E-state index contributed by atoms with van der Waals surface area (Å²) in [6, 6.07) is 15.0. The zero-order chi connectivity index (χ0) is 16.6. The van der Waals surface area contributed by atoms with Gasteiger partial charge in [-0.15, -0.1) is 0 Å². The van der Waals surface area contributed by atoms with E-state index in [0.29, 0.717) is 12.1 Å². The molecule has 5 nitrogen and oxygen atoms in total. The molecule has 118 valence electrons. The molecule has 0 atom stereocenters. The van der Waals surface area contributed by atoms with Crippen LogP contribution in [0, 0.1) is 0 Å². The molecule has 0 spiro atoms. The van der Waals surface area contributed by atoms with Gasteiger partial charge in [-0.3, -0.25) is 13.9 Å². The van der Waals surface area contributed by atoms with Crippen molar-refractivity contribution in [2.75, 3.05) is 11.4 Å². The fourth-order valence-corrected chi connectivity index (χ4v) is 2.85. The molecule has 0 radical (unpaired) electrons. The highest BCUT2D eigenvalue weighted by atomic mass is 16.2. The molecule has 2 aromatic carbocycles. The minimum Gasteiger partial charge on any atom is -0.309 e. The third-order valence-corrected chi connectivity index (χ3v) is 4.15. The van der Waals surface area contributed by atoms with Gasteiger partial charge in [0, 0.05) is 31.9 Å². The molecule has 0 bridgehead atoms. The highest BCUT2D eigenvalue weighted by molar-refractivity contribution is 6.07. The van der Waals surface area contributed by atoms with Crippen LogP contribution in [-0.2, 0) is 14.1 Å². The molecular formula is C18H19N3O2. The van der Waals surface area contributed by atoms with Crippen molar-refractivity contribution in [2.24, 2.45) is 14.1 Å². The molecule has 3 rings (SSSR count). The average molecular weight is 309 g/mol. The lowest BCUT2D eigenvalue weighted by Crippen LogP contribution is -2.30. The van der Waals surface area contributed by atoms with Crippen LogP contribution in [-0.4, -0.2) is 21.6 Å². The number of fused-ring (bicyclic) bond motifs is 1. The third-order valence-electron chi connectivity index (χ3n) is 4.15. The minimum absolute atomic E-state index is 0.0723. The molecule has 3 aromatic rings. The number of imidazole rings is 1. The van der Waals surface area contributed by atoms with Crippen LogP contribution in [0.1, 0.15) is 17.3 Å². The first-order valence-corrected chi connectivity index (χ1v) is 7.57. The zero-order valence-corrected chi connectivity index (χ0v) is 13.5. The summed E-state index contributed by atoms with van der Waals surface area (Å²) in [5.41, 5.74) is 2.91. The van der Waals surface area contributed by atoms with Gasteiger partial charge < -0.3 is 4.90 Å². The van der Waals surface area contributed by atoms with Gasteiger partial charge in [0.1, 0.15) is 0 Å². The number of aryl methyl sites for hydroxylation is 2. The Bertz CT molecular complexity index is 923. The van der Waals surface area contributed by atoms with Crippen molar-refractivity contribution in [3.05, 3.63) is 64.6 Å². The Morgan fingerprint density at radius 1 is 1.00 bits per heavy atom. The number of hydrogen-bond donors (Lipinski definition) is 0. The summed E-state index contributed by atoms with van der Waals surface area (Å²) in [7, 11) is 3.45. The van der Waals surface area contributed by atoms with Crippen LogP contribution in [0.2, 0.25) is 0 Å². The summed E-state index contributed by atoms with van der Waals surface area (Å²) in [5, 5.41) is 0. The average Bonchev–Trinajstić information content (AvgIpc) is 2.80. The Hall–Kier alpha value is -2.82. The van der Waals surface area contributed by atoms with E-state index in [4.69, 9.17) is 0 Å². The Morgan fingerprint density at radius 3 is 2.30 bits per heavy atom. The second kappa shape index (κ2) is 5.76. The lowest BCUT2D eigenvalue weighted by Gasteiger charge is -2.21. The Balaban J connectivity index is 2.07. The summed E-state index contributed by atoms with van der Waals surface area (Å²) in [4.78, 5) is 26.6. The first-order chi connectivity index (χ1) is 11.0. The summed E-state index contributed by atoms with van der Waals surface area (Å²) in [5.74, 6) is -0.0723. The summed E-state index contributed by atoms with van der Waals surface area (Å²) >= 11 is 0. The predicted octanol–water partition coefficient (Wildman–Crippen LogP) is 2.54. The van der Waals surface area contributed by atoms with Crippen LogP contribution in [0.25, 0.3) is 11.0 Å². The van der Waals surface area contributed by atoms with E-state index in [0.717, 1.165) is 16.7 Å². The molecule has 0 fully saturated rings. The maximum atomic E-state index is 12.9. The fraction of sp³-hybridized carbons (Fsp3) is 0.222. The van der Waals surface area contributed by atoms with Crippen molar-refractivity contribution >= 4 is 22.6 Å². The maximum Gasteiger partial charge on any atom is 0.328 e. The van der Waals surface area contributed by atoms with E-state index >= 15 is 0 Å². The topological polar surface area (TPSA) is 47.2 Å². The molecule has 1 aromatic heterocycles. The van der Waals surface area contributed by atoms with E-state index in [9.17, 15) is 9.59 Å². The molecule has 1 amide bonds. The number of carbonyl (C=O) groups excluding carboxylic acids is 1. The number of carbonyl (C=O) groups is 1. The Labute approximate surface area is 134 Å². The first kappa shape index (κ1) is 15.1. The zero-order valence-electron chi connectivity index (χ0n) is 13.5. The van der Waals surface area contributed by atoms with Crippen molar-refractivity contribution < 1.29 is 4.79 Å². The molecule has 0 N–H and O–H groups in total. The van der Waals surface area contributed by atoms with Crippen molar-refractivity contribution in [3.63, 3.8) is 0 Å². The van der Waals surface area contributed by atoms with Gasteiger partial charge in [0.2, 0.25) is 0 Å². The van der Waals surface area contributed by atoms with E-state index < -0.39 is 0 Å².